The van der Waals surface area contributed by atoms with E-state index in [4.69, 9.17) is 14.0 Å². The molecule has 0 fully saturated rings. The van der Waals surface area contributed by atoms with Crippen molar-refractivity contribution in [3.63, 3.8) is 0 Å². The molecule has 0 unspecified atom stereocenters. The number of rotatable bonds is 7. The summed E-state index contributed by atoms with van der Waals surface area (Å²) in [5.41, 5.74) is 1.56. The number of carbonyl (C=O) groups is 2. The summed E-state index contributed by atoms with van der Waals surface area (Å²) in [6.07, 6.45) is 2.71. The number of amides is 3. The third kappa shape index (κ3) is 9.39. The van der Waals surface area contributed by atoms with E-state index in [0.717, 1.165) is 19.1 Å². The second-order valence-corrected chi connectivity index (χ2v) is 13.4. The molecule has 14 heteroatoms. The van der Waals surface area contributed by atoms with Crippen molar-refractivity contribution in [3.05, 3.63) is 35.2 Å². The Bertz CT molecular complexity index is 1350. The lowest BCUT2D eigenvalue weighted by Crippen LogP contribution is -2.47. The third-order valence-electron chi connectivity index (χ3n) is 7.58. The van der Waals surface area contributed by atoms with E-state index in [-0.39, 0.29) is 37.3 Å². The first-order chi connectivity index (χ1) is 20.2. The average Bonchev–Trinajstić information content (AvgIpc) is 3.25. The molecule has 3 amide bonds. The van der Waals surface area contributed by atoms with Gasteiger partial charge in [0.2, 0.25) is 10.0 Å². The number of benzene rings is 1. The molecule has 0 radical (unpaired) electrons. The predicted octanol–water partition coefficient (Wildman–Crippen LogP) is 3.62. The van der Waals surface area contributed by atoms with Crippen molar-refractivity contribution in [1.82, 2.24) is 14.4 Å². The highest BCUT2D eigenvalue weighted by Gasteiger charge is 2.31. The van der Waals surface area contributed by atoms with Gasteiger partial charge in [0.05, 0.1) is 36.7 Å². The van der Waals surface area contributed by atoms with Crippen molar-refractivity contribution in [1.29, 1.82) is 0 Å². The molecule has 0 bridgehead atoms. The first-order valence-corrected chi connectivity index (χ1v) is 16.3. The Morgan fingerprint density at radius 2 is 1.95 bits per heavy atom. The summed E-state index contributed by atoms with van der Waals surface area (Å²) < 4.78 is 43.1. The quantitative estimate of drug-likeness (QED) is 0.418. The lowest BCUT2D eigenvalue weighted by atomic mass is 10.0. The van der Waals surface area contributed by atoms with Crippen LogP contribution in [0.2, 0.25) is 0 Å². The Labute approximate surface area is 253 Å². The molecule has 4 atom stereocenters. The first-order valence-electron chi connectivity index (χ1n) is 14.5. The van der Waals surface area contributed by atoms with E-state index in [0.29, 0.717) is 41.6 Å². The van der Waals surface area contributed by atoms with Gasteiger partial charge in [-0.1, -0.05) is 12.1 Å². The van der Waals surface area contributed by atoms with Crippen LogP contribution in [0.1, 0.15) is 61.8 Å². The predicted molar refractivity (Wildman–Crippen MR) is 163 cm³/mol. The van der Waals surface area contributed by atoms with Gasteiger partial charge in [0.1, 0.15) is 17.1 Å². The smallest absolute Gasteiger partial charge is 0.323 e. The Balaban J connectivity index is 1.96. The van der Waals surface area contributed by atoms with Gasteiger partial charge in [-0.3, -0.25) is 4.79 Å². The van der Waals surface area contributed by atoms with Gasteiger partial charge < -0.3 is 34.6 Å². The minimum Gasteiger partial charge on any atom is -0.490 e. The number of carbonyl (C=O) groups excluding carboxylic acids is 2. The molecular weight excluding hydrogens is 578 g/mol. The summed E-state index contributed by atoms with van der Waals surface area (Å²) in [5.74, 6) is 0.133. The second-order valence-electron chi connectivity index (χ2n) is 11.3. The van der Waals surface area contributed by atoms with Crippen LogP contribution in [0.3, 0.4) is 0 Å². The molecule has 0 saturated heterocycles. The number of anilines is 2. The van der Waals surface area contributed by atoms with Crippen LogP contribution in [0.4, 0.5) is 16.2 Å². The van der Waals surface area contributed by atoms with Gasteiger partial charge in [0.15, 0.2) is 5.76 Å². The van der Waals surface area contributed by atoms with E-state index < -0.39 is 34.1 Å². The number of ether oxygens (including phenoxy) is 2. The lowest BCUT2D eigenvalue weighted by molar-refractivity contribution is -0.00828. The molecular formula is C29H45N5O8S. The van der Waals surface area contributed by atoms with Crippen LogP contribution < -0.4 is 15.4 Å². The third-order valence-corrected chi connectivity index (χ3v) is 8.87. The number of nitrogens with zero attached hydrogens (tertiary/aromatic N) is 3. The fraction of sp³-hybridized carbons (Fsp3) is 0.621. The van der Waals surface area contributed by atoms with Crippen LogP contribution in [0.25, 0.3) is 0 Å². The number of fused-ring (bicyclic) bond motifs is 1. The Morgan fingerprint density at radius 1 is 1.23 bits per heavy atom. The molecule has 43 heavy (non-hydrogen) atoms. The molecule has 1 aromatic carbocycles. The van der Waals surface area contributed by atoms with Gasteiger partial charge in [-0.2, -0.15) is 0 Å². The zero-order valence-corrected chi connectivity index (χ0v) is 26.9. The van der Waals surface area contributed by atoms with Crippen LogP contribution >= 0.6 is 0 Å². The van der Waals surface area contributed by atoms with Crippen LogP contribution in [-0.2, 0) is 14.8 Å². The number of aliphatic hydroxyl groups is 1. The zero-order valence-electron chi connectivity index (χ0n) is 26.0. The molecule has 1 aromatic heterocycles. The first kappa shape index (κ1) is 34.3. The van der Waals surface area contributed by atoms with Crippen LogP contribution in [0.5, 0.6) is 5.75 Å². The summed E-state index contributed by atoms with van der Waals surface area (Å²) in [7, 11) is -1.95. The maximum absolute atomic E-state index is 14.2. The number of nitrogens with one attached hydrogen (secondary N) is 2. The van der Waals surface area contributed by atoms with Crippen molar-refractivity contribution in [2.24, 2.45) is 5.92 Å². The molecule has 0 saturated carbocycles. The van der Waals surface area contributed by atoms with Crippen LogP contribution in [-0.4, -0.2) is 97.7 Å². The fourth-order valence-corrected chi connectivity index (χ4v) is 5.21. The minimum atomic E-state index is -3.45. The van der Waals surface area contributed by atoms with E-state index >= 15 is 0 Å². The fourth-order valence-electron chi connectivity index (χ4n) is 4.79. The summed E-state index contributed by atoms with van der Waals surface area (Å²) >= 11 is 0. The van der Waals surface area contributed by atoms with Crippen molar-refractivity contribution in [2.45, 2.75) is 72.1 Å². The monoisotopic (exact) mass is 623 g/mol. The number of sulfonamides is 1. The normalized spacial score (nSPS) is 21.5. The van der Waals surface area contributed by atoms with Crippen molar-refractivity contribution < 1.29 is 37.1 Å². The van der Waals surface area contributed by atoms with E-state index in [1.54, 1.807) is 39.0 Å². The van der Waals surface area contributed by atoms with Crippen molar-refractivity contribution >= 4 is 33.3 Å². The molecule has 240 valence electrons. The van der Waals surface area contributed by atoms with Gasteiger partial charge in [-0.25, -0.2) is 17.5 Å². The van der Waals surface area contributed by atoms with Crippen LogP contribution in [0, 0.1) is 19.8 Å². The summed E-state index contributed by atoms with van der Waals surface area (Å²) in [5, 5.41) is 19.4. The van der Waals surface area contributed by atoms with E-state index in [9.17, 15) is 23.1 Å². The summed E-state index contributed by atoms with van der Waals surface area (Å²) in [4.78, 5) is 28.5. The minimum absolute atomic E-state index is 0.125. The topological polar surface area (TPSA) is 164 Å². The van der Waals surface area contributed by atoms with Gasteiger partial charge in [0, 0.05) is 38.3 Å². The molecule has 0 spiro atoms. The molecule has 1 aliphatic heterocycles. The lowest BCUT2D eigenvalue weighted by Gasteiger charge is -2.35. The van der Waals surface area contributed by atoms with E-state index in [2.05, 4.69) is 15.8 Å². The highest BCUT2D eigenvalue weighted by molar-refractivity contribution is 7.88. The molecule has 13 nitrogen and oxygen atoms in total. The number of likely N-dealkylation sites (N-methyl/N-ethyl adjacent to an activating group) is 1. The van der Waals surface area contributed by atoms with Gasteiger partial charge >= 0.3 is 6.03 Å². The second kappa shape index (κ2) is 15.0. The van der Waals surface area contributed by atoms with Crippen molar-refractivity contribution in [3.8, 4) is 5.75 Å². The highest BCUT2D eigenvalue weighted by Crippen LogP contribution is 2.29. The number of hydrogen-bond donors (Lipinski definition) is 3. The Morgan fingerprint density at radius 3 is 2.58 bits per heavy atom. The van der Waals surface area contributed by atoms with E-state index in [1.807, 2.05) is 13.8 Å². The van der Waals surface area contributed by atoms with E-state index in [1.165, 1.54) is 16.3 Å². The van der Waals surface area contributed by atoms with Crippen LogP contribution in [0.15, 0.2) is 22.7 Å². The molecule has 3 rings (SSSR count). The Hall–Kier alpha value is -3.20. The summed E-state index contributed by atoms with van der Waals surface area (Å²) in [6.45, 7) is 9.39. The van der Waals surface area contributed by atoms with Gasteiger partial charge in [-0.05, 0) is 65.2 Å². The molecule has 0 aliphatic carbocycles. The van der Waals surface area contributed by atoms with Gasteiger partial charge in [0.25, 0.3) is 5.91 Å². The number of aromatic nitrogens is 1. The maximum Gasteiger partial charge on any atom is 0.323 e. The molecule has 2 aromatic rings. The van der Waals surface area contributed by atoms with Gasteiger partial charge in [-0.15, -0.1) is 0 Å². The number of urea groups is 1. The SMILES string of the molecule is Cc1noc(C)c1NC(=O)Nc1ccc2c(c1)C(=O)N([C@@H](C)CO)C[C@H](C)[C@@H](CN(C)S(C)(=O)=O)OCCCC[C@H](C)O2. The summed E-state index contributed by atoms with van der Waals surface area (Å²) in [6, 6.07) is 3.75. The largest absolute Gasteiger partial charge is 0.490 e. The standard InChI is InChI=1S/C29H45N5O8S/c1-18-15-34(19(2)17-35)28(36)24-14-23(30-29(37)31-27-21(4)32-42-22(27)5)11-12-25(24)41-20(3)10-8-9-13-40-26(18)16-33(6)43(7,38)39/h11-12,14,18-20,26,35H,8-10,13,15-17H2,1-7H3,(H2,30,31,37)/t18-,19-,20-,26+/m0/s1. The highest BCUT2D eigenvalue weighted by atomic mass is 32.2. The number of aryl methyl sites for hydroxylation is 2. The number of hydrogen-bond acceptors (Lipinski definition) is 9. The zero-order chi connectivity index (χ0) is 31.9. The van der Waals surface area contributed by atoms with Crippen molar-refractivity contribution in [2.75, 3.05) is 50.2 Å². The molecule has 2 heterocycles. The Kier molecular flexibility index (Phi) is 12.0. The molecule has 1 aliphatic rings. The molecule has 3 N–H and O–H groups in total. The maximum atomic E-state index is 14.2. The number of aliphatic hydroxyl groups excluding tert-OH is 1. The average molecular weight is 624 g/mol.